The van der Waals surface area contributed by atoms with E-state index in [1.807, 2.05) is 0 Å². The normalized spacial score (nSPS) is 20.8. The minimum absolute atomic E-state index is 0.0642. The van der Waals surface area contributed by atoms with Crippen LogP contribution >= 0.6 is 0 Å². The van der Waals surface area contributed by atoms with Gasteiger partial charge >= 0.3 is 0 Å². The molecule has 0 aliphatic carbocycles. The molecule has 1 fully saturated rings. The number of hydrogen-bond donors (Lipinski definition) is 1. The Balaban J connectivity index is 1.54. The van der Waals surface area contributed by atoms with Crippen LogP contribution in [0.15, 0.2) is 47.4 Å². The minimum atomic E-state index is -3.84. The summed E-state index contributed by atoms with van der Waals surface area (Å²) in [6.45, 7) is 3.95. The van der Waals surface area contributed by atoms with E-state index in [0.717, 1.165) is 0 Å². The topological polar surface area (TPSA) is 86.8 Å². The first-order valence-corrected chi connectivity index (χ1v) is 11.9. The predicted octanol–water partition coefficient (Wildman–Crippen LogP) is 3.12. The molecule has 7 nitrogen and oxygen atoms in total. The van der Waals surface area contributed by atoms with Crippen LogP contribution in [0.25, 0.3) is 0 Å². The number of nitrogens with zero attached hydrogens (tertiary/aromatic N) is 2. The molecule has 2 aromatic rings. The summed E-state index contributed by atoms with van der Waals surface area (Å²) in [5.41, 5.74) is 1.03. The van der Waals surface area contributed by atoms with Crippen LogP contribution in [0.1, 0.15) is 32.3 Å². The maximum Gasteiger partial charge on any atom is 0.243 e. The van der Waals surface area contributed by atoms with Crippen molar-refractivity contribution in [2.75, 3.05) is 30.4 Å². The summed E-state index contributed by atoms with van der Waals surface area (Å²) in [5, 5.41) is 2.73. The van der Waals surface area contributed by atoms with Gasteiger partial charge in [0.2, 0.25) is 21.8 Å². The van der Waals surface area contributed by atoms with Crippen molar-refractivity contribution in [1.82, 2.24) is 4.31 Å². The van der Waals surface area contributed by atoms with Gasteiger partial charge < -0.3 is 10.2 Å². The third-order valence-corrected chi connectivity index (χ3v) is 8.21. The molecule has 0 spiro atoms. The highest BCUT2D eigenvalue weighted by Crippen LogP contribution is 2.42. The summed E-state index contributed by atoms with van der Waals surface area (Å²) in [5.74, 6) is -1.29. The molecule has 0 aromatic heterocycles. The number of anilines is 2. The van der Waals surface area contributed by atoms with E-state index >= 15 is 0 Å². The molecular weight excluding hydrogens is 433 g/mol. The highest BCUT2D eigenvalue weighted by molar-refractivity contribution is 7.89. The standard InChI is InChI=1S/C23H26FN3O4S/c1-23(2)19-13-18(10-11-20(19)26(3)22(23)29)32(30,31)27-12-4-5-15(14-27)21(28)25-17-8-6-16(24)7-9-17/h6-11,13,15H,4-5,12,14H2,1-3H3,(H,25,28)/t15-/m0/s1. The predicted molar refractivity (Wildman–Crippen MR) is 119 cm³/mol. The number of piperidine rings is 1. The molecule has 2 aromatic carbocycles. The van der Waals surface area contributed by atoms with Crippen molar-refractivity contribution in [3.63, 3.8) is 0 Å². The summed E-state index contributed by atoms with van der Waals surface area (Å²) in [6.07, 6.45) is 1.12. The Labute approximate surface area is 187 Å². The molecule has 2 amide bonds. The van der Waals surface area contributed by atoms with Crippen LogP contribution in [-0.4, -0.2) is 44.7 Å². The van der Waals surface area contributed by atoms with Gasteiger partial charge in [0.15, 0.2) is 0 Å². The van der Waals surface area contributed by atoms with Crippen LogP contribution in [-0.2, 0) is 25.0 Å². The maximum atomic E-state index is 13.4. The van der Waals surface area contributed by atoms with Gasteiger partial charge in [-0.3, -0.25) is 9.59 Å². The van der Waals surface area contributed by atoms with Crippen molar-refractivity contribution in [3.8, 4) is 0 Å². The van der Waals surface area contributed by atoms with E-state index in [2.05, 4.69) is 5.32 Å². The molecule has 2 aliphatic rings. The number of benzene rings is 2. The van der Waals surface area contributed by atoms with E-state index in [9.17, 15) is 22.4 Å². The first kappa shape index (κ1) is 22.4. The van der Waals surface area contributed by atoms with E-state index in [-0.39, 0.29) is 23.3 Å². The molecule has 2 aliphatic heterocycles. The Morgan fingerprint density at radius 2 is 1.84 bits per heavy atom. The number of fused-ring (bicyclic) bond motifs is 1. The fourth-order valence-corrected chi connectivity index (χ4v) is 5.96. The lowest BCUT2D eigenvalue weighted by atomic mass is 9.86. The van der Waals surface area contributed by atoms with E-state index in [1.54, 1.807) is 37.9 Å². The molecule has 0 unspecified atom stereocenters. The molecule has 1 atom stereocenters. The SMILES string of the molecule is CN1C(=O)C(C)(C)c2cc(S(=O)(=O)N3CCC[C@H](C(=O)Nc4ccc(F)cc4)C3)ccc21. The molecule has 4 rings (SSSR count). The first-order valence-electron chi connectivity index (χ1n) is 10.5. The van der Waals surface area contributed by atoms with Crippen LogP contribution in [0.4, 0.5) is 15.8 Å². The summed E-state index contributed by atoms with van der Waals surface area (Å²) >= 11 is 0. The Kier molecular flexibility index (Phi) is 5.58. The summed E-state index contributed by atoms with van der Waals surface area (Å²) in [4.78, 5) is 26.9. The number of amides is 2. The Bertz CT molecular complexity index is 1180. The van der Waals surface area contributed by atoms with Crippen molar-refractivity contribution in [3.05, 3.63) is 53.8 Å². The molecule has 0 saturated carbocycles. The van der Waals surface area contributed by atoms with Gasteiger partial charge in [0.1, 0.15) is 5.82 Å². The van der Waals surface area contributed by atoms with Gasteiger partial charge in [-0.15, -0.1) is 0 Å². The smallest absolute Gasteiger partial charge is 0.243 e. The molecule has 170 valence electrons. The second-order valence-electron chi connectivity index (χ2n) is 8.87. The number of carbonyl (C=O) groups excluding carboxylic acids is 2. The van der Waals surface area contributed by atoms with Crippen molar-refractivity contribution >= 4 is 33.2 Å². The quantitative estimate of drug-likeness (QED) is 0.761. The number of nitrogens with one attached hydrogen (secondary N) is 1. The van der Waals surface area contributed by atoms with Crippen molar-refractivity contribution in [2.24, 2.45) is 5.92 Å². The molecule has 9 heteroatoms. The summed E-state index contributed by atoms with van der Waals surface area (Å²) in [6, 6.07) is 10.2. The lowest BCUT2D eigenvalue weighted by Gasteiger charge is -2.31. The molecule has 32 heavy (non-hydrogen) atoms. The third kappa shape index (κ3) is 3.80. The average molecular weight is 460 g/mol. The van der Waals surface area contributed by atoms with E-state index in [0.29, 0.717) is 36.3 Å². The number of likely N-dealkylation sites (N-methyl/N-ethyl adjacent to an activating group) is 1. The monoisotopic (exact) mass is 459 g/mol. The first-order chi connectivity index (χ1) is 15.0. The lowest BCUT2D eigenvalue weighted by Crippen LogP contribution is -2.43. The third-order valence-electron chi connectivity index (χ3n) is 6.35. The van der Waals surface area contributed by atoms with Crippen molar-refractivity contribution < 1.29 is 22.4 Å². The van der Waals surface area contributed by atoms with Gasteiger partial charge in [-0.2, -0.15) is 4.31 Å². The zero-order valence-electron chi connectivity index (χ0n) is 18.3. The Morgan fingerprint density at radius 1 is 1.16 bits per heavy atom. The highest BCUT2D eigenvalue weighted by Gasteiger charge is 2.43. The molecular formula is C23H26FN3O4S. The summed E-state index contributed by atoms with van der Waals surface area (Å²) in [7, 11) is -2.16. The van der Waals surface area contributed by atoms with Crippen LogP contribution in [0.5, 0.6) is 0 Å². The second-order valence-corrected chi connectivity index (χ2v) is 10.8. The fraction of sp³-hybridized carbons (Fsp3) is 0.391. The van der Waals surface area contributed by atoms with Gasteiger partial charge in [0.25, 0.3) is 0 Å². The maximum absolute atomic E-state index is 13.4. The van der Waals surface area contributed by atoms with Crippen LogP contribution in [0, 0.1) is 11.7 Å². The van der Waals surface area contributed by atoms with Crippen molar-refractivity contribution in [1.29, 1.82) is 0 Å². The number of hydrogen-bond acceptors (Lipinski definition) is 4. The molecule has 0 bridgehead atoms. The minimum Gasteiger partial charge on any atom is -0.326 e. The highest BCUT2D eigenvalue weighted by atomic mass is 32.2. The molecule has 1 N–H and O–H groups in total. The zero-order valence-corrected chi connectivity index (χ0v) is 19.1. The lowest BCUT2D eigenvalue weighted by molar-refractivity contribution is -0.122. The van der Waals surface area contributed by atoms with Gasteiger partial charge in [0, 0.05) is 31.5 Å². The van der Waals surface area contributed by atoms with Crippen LogP contribution < -0.4 is 10.2 Å². The van der Waals surface area contributed by atoms with Gasteiger partial charge in [-0.1, -0.05) is 0 Å². The number of rotatable bonds is 4. The number of carbonyl (C=O) groups is 2. The van der Waals surface area contributed by atoms with Crippen molar-refractivity contribution in [2.45, 2.75) is 37.0 Å². The Hall–Kier alpha value is -2.78. The molecule has 1 saturated heterocycles. The van der Waals surface area contributed by atoms with E-state index in [1.165, 1.54) is 34.6 Å². The van der Waals surface area contributed by atoms with Gasteiger partial charge in [0.05, 0.1) is 16.2 Å². The van der Waals surface area contributed by atoms with Crippen LogP contribution in [0.2, 0.25) is 0 Å². The molecule has 2 heterocycles. The largest absolute Gasteiger partial charge is 0.326 e. The fourth-order valence-electron chi connectivity index (χ4n) is 4.41. The number of halogens is 1. The summed E-state index contributed by atoms with van der Waals surface area (Å²) < 4.78 is 41.2. The molecule has 0 radical (unpaired) electrons. The average Bonchev–Trinajstić information content (AvgIpc) is 2.95. The second kappa shape index (κ2) is 7.97. The van der Waals surface area contributed by atoms with E-state index in [4.69, 9.17) is 0 Å². The zero-order chi connectivity index (χ0) is 23.3. The van der Waals surface area contributed by atoms with Gasteiger partial charge in [-0.05, 0) is 74.7 Å². The van der Waals surface area contributed by atoms with Gasteiger partial charge in [-0.25, -0.2) is 12.8 Å². The Morgan fingerprint density at radius 3 is 2.53 bits per heavy atom. The number of sulfonamides is 1. The van der Waals surface area contributed by atoms with Crippen LogP contribution in [0.3, 0.4) is 0 Å². The van der Waals surface area contributed by atoms with E-state index < -0.39 is 27.2 Å².